The van der Waals surface area contributed by atoms with E-state index in [4.69, 9.17) is 5.10 Å². The van der Waals surface area contributed by atoms with Crippen LogP contribution in [-0.4, -0.2) is 35.5 Å². The number of hydrogen-bond acceptors (Lipinski definition) is 6. The van der Waals surface area contributed by atoms with Crippen molar-refractivity contribution in [3.63, 3.8) is 0 Å². The van der Waals surface area contributed by atoms with E-state index in [1.807, 2.05) is 37.3 Å². The molecule has 3 aromatic heterocycles. The van der Waals surface area contributed by atoms with Crippen molar-refractivity contribution in [2.24, 2.45) is 5.92 Å². The molecule has 2 N–H and O–H groups in total. The minimum Gasteiger partial charge on any atom is -0.323 e. The lowest BCUT2D eigenvalue weighted by molar-refractivity contribution is 0.391. The zero-order valence-electron chi connectivity index (χ0n) is 17.0. The first kappa shape index (κ1) is 19.1. The second-order valence-corrected chi connectivity index (χ2v) is 8.85. The molecule has 1 fully saturated rings. The fraction of sp³-hybridized carbons (Fsp3) is 0.364. The molecular weight excluding hydrogens is 394 g/mol. The van der Waals surface area contributed by atoms with Crippen molar-refractivity contribution in [1.29, 1.82) is 0 Å². The SMILES string of the molecule is Cc1cc(Nc2cc(-c3ccccc3)[nH]n2)n2nc(SCC3CCCCC3)nc2n1. The van der Waals surface area contributed by atoms with Crippen LogP contribution in [0.15, 0.2) is 47.6 Å². The minimum atomic E-state index is 0.613. The van der Waals surface area contributed by atoms with Gasteiger partial charge in [0.25, 0.3) is 5.78 Å². The van der Waals surface area contributed by atoms with E-state index in [-0.39, 0.29) is 0 Å². The number of aromatic amines is 1. The summed E-state index contributed by atoms with van der Waals surface area (Å²) >= 11 is 1.74. The van der Waals surface area contributed by atoms with Crippen LogP contribution in [0.1, 0.15) is 37.8 Å². The molecule has 1 saturated carbocycles. The summed E-state index contributed by atoms with van der Waals surface area (Å²) in [5.41, 5.74) is 2.94. The Morgan fingerprint density at radius 2 is 1.93 bits per heavy atom. The van der Waals surface area contributed by atoms with Crippen molar-refractivity contribution >= 4 is 29.2 Å². The predicted molar refractivity (Wildman–Crippen MR) is 120 cm³/mol. The van der Waals surface area contributed by atoms with Crippen LogP contribution in [0.3, 0.4) is 0 Å². The Balaban J connectivity index is 1.36. The van der Waals surface area contributed by atoms with E-state index in [0.717, 1.165) is 45.4 Å². The van der Waals surface area contributed by atoms with Crippen LogP contribution in [0, 0.1) is 12.8 Å². The standard InChI is InChI=1S/C22H25N7S/c1-15-12-20(24-19-13-18(26-27-19)17-10-6-3-7-11-17)29-21(23-15)25-22(28-29)30-14-16-8-4-2-5-9-16/h3,6-7,10-13,16H,2,4-5,8-9,14H2,1H3,(H2,24,26,27). The molecule has 0 radical (unpaired) electrons. The molecular formula is C22H25N7S. The second kappa shape index (κ2) is 8.47. The molecule has 1 aliphatic rings. The summed E-state index contributed by atoms with van der Waals surface area (Å²) in [6.07, 6.45) is 6.74. The second-order valence-electron chi connectivity index (χ2n) is 7.86. The van der Waals surface area contributed by atoms with Gasteiger partial charge in [0.15, 0.2) is 5.82 Å². The number of rotatable bonds is 6. The van der Waals surface area contributed by atoms with Gasteiger partial charge in [-0.3, -0.25) is 5.10 Å². The van der Waals surface area contributed by atoms with E-state index in [0.29, 0.717) is 5.78 Å². The molecule has 0 atom stereocenters. The average molecular weight is 420 g/mol. The summed E-state index contributed by atoms with van der Waals surface area (Å²) in [6.45, 7) is 1.97. The van der Waals surface area contributed by atoms with Crippen LogP contribution in [0.4, 0.5) is 11.6 Å². The molecule has 0 amide bonds. The molecule has 30 heavy (non-hydrogen) atoms. The fourth-order valence-electron chi connectivity index (χ4n) is 3.95. The highest BCUT2D eigenvalue weighted by Gasteiger charge is 2.16. The Morgan fingerprint density at radius 3 is 2.77 bits per heavy atom. The molecule has 1 aromatic carbocycles. The van der Waals surface area contributed by atoms with Gasteiger partial charge in [-0.1, -0.05) is 61.4 Å². The number of nitrogens with one attached hydrogen (secondary N) is 2. The molecule has 7 nitrogen and oxygen atoms in total. The van der Waals surface area contributed by atoms with E-state index in [2.05, 4.69) is 37.6 Å². The molecule has 3 heterocycles. The topological polar surface area (TPSA) is 83.8 Å². The molecule has 4 aromatic rings. The Labute approximate surface area is 179 Å². The van der Waals surface area contributed by atoms with E-state index in [1.54, 1.807) is 16.3 Å². The monoisotopic (exact) mass is 419 g/mol. The highest BCUT2D eigenvalue weighted by Crippen LogP contribution is 2.29. The summed E-state index contributed by atoms with van der Waals surface area (Å²) in [6, 6.07) is 14.1. The van der Waals surface area contributed by atoms with Crippen molar-refractivity contribution in [2.75, 3.05) is 11.1 Å². The number of thioether (sulfide) groups is 1. The van der Waals surface area contributed by atoms with Gasteiger partial charge in [-0.05, 0) is 31.2 Å². The van der Waals surface area contributed by atoms with Crippen LogP contribution in [0.5, 0.6) is 0 Å². The Kier molecular flexibility index (Phi) is 5.40. The van der Waals surface area contributed by atoms with E-state index in [1.165, 1.54) is 32.1 Å². The van der Waals surface area contributed by atoms with E-state index >= 15 is 0 Å². The van der Waals surface area contributed by atoms with Gasteiger partial charge in [-0.2, -0.15) is 14.6 Å². The number of aryl methyl sites for hydroxylation is 1. The van der Waals surface area contributed by atoms with Gasteiger partial charge in [0.05, 0.1) is 5.69 Å². The Hall–Kier alpha value is -2.87. The van der Waals surface area contributed by atoms with Crippen LogP contribution in [0.25, 0.3) is 17.0 Å². The molecule has 8 heteroatoms. The highest BCUT2D eigenvalue weighted by molar-refractivity contribution is 7.99. The largest absolute Gasteiger partial charge is 0.323 e. The number of benzene rings is 1. The lowest BCUT2D eigenvalue weighted by atomic mass is 9.91. The van der Waals surface area contributed by atoms with Crippen LogP contribution >= 0.6 is 11.8 Å². The quantitative estimate of drug-likeness (QED) is 0.416. The summed E-state index contributed by atoms with van der Waals surface area (Å²) in [4.78, 5) is 9.20. The summed E-state index contributed by atoms with van der Waals surface area (Å²) in [5, 5.41) is 16.4. The van der Waals surface area contributed by atoms with Gasteiger partial charge < -0.3 is 5.32 Å². The summed E-state index contributed by atoms with van der Waals surface area (Å²) < 4.78 is 1.77. The Bertz CT molecular complexity index is 1130. The molecule has 154 valence electrons. The number of fused-ring (bicyclic) bond motifs is 1. The average Bonchev–Trinajstić information content (AvgIpc) is 3.40. The van der Waals surface area contributed by atoms with Crippen molar-refractivity contribution in [2.45, 2.75) is 44.2 Å². The van der Waals surface area contributed by atoms with Crippen LogP contribution < -0.4 is 5.32 Å². The van der Waals surface area contributed by atoms with Crippen molar-refractivity contribution < 1.29 is 0 Å². The smallest absolute Gasteiger partial charge is 0.255 e. The zero-order valence-corrected chi connectivity index (χ0v) is 17.8. The lowest BCUT2D eigenvalue weighted by Gasteiger charge is -2.20. The van der Waals surface area contributed by atoms with E-state index in [9.17, 15) is 0 Å². The maximum Gasteiger partial charge on any atom is 0.255 e. The summed E-state index contributed by atoms with van der Waals surface area (Å²) in [7, 11) is 0. The maximum absolute atomic E-state index is 4.70. The van der Waals surface area contributed by atoms with Crippen molar-refractivity contribution in [3.05, 3.63) is 48.2 Å². The van der Waals surface area contributed by atoms with E-state index < -0.39 is 0 Å². The third kappa shape index (κ3) is 4.18. The first-order valence-electron chi connectivity index (χ1n) is 10.5. The molecule has 0 spiro atoms. The number of nitrogens with zero attached hydrogens (tertiary/aromatic N) is 5. The van der Waals surface area contributed by atoms with Crippen LogP contribution in [0.2, 0.25) is 0 Å². The van der Waals surface area contributed by atoms with Gasteiger partial charge in [0.1, 0.15) is 5.82 Å². The molecule has 0 aliphatic heterocycles. The van der Waals surface area contributed by atoms with Gasteiger partial charge in [0, 0.05) is 23.6 Å². The third-order valence-corrected chi connectivity index (χ3v) is 6.58. The minimum absolute atomic E-state index is 0.613. The normalized spacial score (nSPS) is 15.0. The number of hydrogen-bond donors (Lipinski definition) is 2. The Morgan fingerprint density at radius 1 is 1.10 bits per heavy atom. The lowest BCUT2D eigenvalue weighted by Crippen LogP contribution is -2.08. The van der Waals surface area contributed by atoms with Crippen molar-refractivity contribution in [1.82, 2.24) is 29.8 Å². The van der Waals surface area contributed by atoms with Gasteiger partial charge >= 0.3 is 0 Å². The highest BCUT2D eigenvalue weighted by atomic mass is 32.2. The van der Waals surface area contributed by atoms with Crippen molar-refractivity contribution in [3.8, 4) is 11.3 Å². The van der Waals surface area contributed by atoms with Gasteiger partial charge in [0.2, 0.25) is 5.16 Å². The summed E-state index contributed by atoms with van der Waals surface area (Å²) in [5.74, 6) is 4.01. The number of anilines is 2. The van der Waals surface area contributed by atoms with Gasteiger partial charge in [-0.15, -0.1) is 5.10 Å². The zero-order chi connectivity index (χ0) is 20.3. The first-order chi connectivity index (χ1) is 14.7. The molecule has 0 saturated heterocycles. The number of H-pyrrole nitrogens is 1. The molecule has 5 rings (SSSR count). The first-order valence-corrected chi connectivity index (χ1v) is 11.5. The maximum atomic E-state index is 4.70. The van der Waals surface area contributed by atoms with Crippen LogP contribution in [-0.2, 0) is 0 Å². The molecule has 0 bridgehead atoms. The van der Waals surface area contributed by atoms with Gasteiger partial charge in [-0.25, -0.2) is 4.98 Å². The fourth-order valence-corrected chi connectivity index (χ4v) is 4.95. The predicted octanol–water partition coefficient (Wildman–Crippen LogP) is 5.24. The molecule has 1 aliphatic carbocycles. The number of aromatic nitrogens is 6. The third-order valence-electron chi connectivity index (χ3n) is 5.51. The molecule has 0 unspecified atom stereocenters.